The molecule has 0 saturated carbocycles. The summed E-state index contributed by atoms with van der Waals surface area (Å²) >= 11 is 5.88. The Kier molecular flexibility index (Phi) is 7.74. The molecule has 5 heteroatoms. The molecular weight excluding hydrogens is 355 g/mol. The fourth-order valence-corrected chi connectivity index (χ4v) is 2.41. The fourth-order valence-electron chi connectivity index (χ4n) is 2.29. The molecule has 2 aromatic carbocycles. The average molecular weight is 375 g/mol. The molecule has 0 aliphatic rings. The van der Waals surface area contributed by atoms with E-state index in [0.29, 0.717) is 6.61 Å². The number of aromatic nitrogens is 1. The van der Waals surface area contributed by atoms with Crippen LogP contribution in [0.4, 0.5) is 0 Å². The van der Waals surface area contributed by atoms with Crippen molar-refractivity contribution >= 4 is 24.0 Å². The number of pyridine rings is 1. The van der Waals surface area contributed by atoms with Gasteiger partial charge in [-0.2, -0.15) is 0 Å². The highest BCUT2D eigenvalue weighted by atomic mass is 35.5. The normalized spacial score (nSPS) is 10.1. The molecule has 0 aliphatic heterocycles. The summed E-state index contributed by atoms with van der Waals surface area (Å²) in [6.45, 7) is 2.10. The van der Waals surface area contributed by atoms with Crippen LogP contribution >= 0.6 is 24.0 Å². The summed E-state index contributed by atoms with van der Waals surface area (Å²) in [7, 11) is 0. The van der Waals surface area contributed by atoms with Crippen LogP contribution in [-0.2, 0) is 19.7 Å². The summed E-state index contributed by atoms with van der Waals surface area (Å²) in [6, 6.07) is 21.8. The molecular formula is C20H20Cl2N2O. The van der Waals surface area contributed by atoms with E-state index in [1.807, 2.05) is 60.8 Å². The molecule has 3 rings (SSSR count). The van der Waals surface area contributed by atoms with Crippen molar-refractivity contribution in [2.24, 2.45) is 0 Å². The minimum atomic E-state index is 0. The fraction of sp³-hybridized carbons (Fsp3) is 0.150. The molecule has 1 N–H and O–H groups in total. The van der Waals surface area contributed by atoms with Gasteiger partial charge >= 0.3 is 0 Å². The molecule has 1 aromatic heterocycles. The lowest BCUT2D eigenvalue weighted by Crippen LogP contribution is -2.13. The van der Waals surface area contributed by atoms with Crippen molar-refractivity contribution in [3.8, 4) is 5.75 Å². The minimum Gasteiger partial charge on any atom is -0.489 e. The van der Waals surface area contributed by atoms with Crippen molar-refractivity contribution in [3.05, 3.63) is 94.8 Å². The van der Waals surface area contributed by atoms with Crippen LogP contribution in [-0.4, -0.2) is 4.98 Å². The van der Waals surface area contributed by atoms with Gasteiger partial charge in [0.05, 0.1) is 5.69 Å². The summed E-state index contributed by atoms with van der Waals surface area (Å²) in [5.74, 6) is 0.860. The van der Waals surface area contributed by atoms with Crippen molar-refractivity contribution in [3.63, 3.8) is 0 Å². The van der Waals surface area contributed by atoms with Gasteiger partial charge in [0, 0.05) is 24.3 Å². The molecule has 0 radical (unpaired) electrons. The quantitative estimate of drug-likeness (QED) is 0.629. The van der Waals surface area contributed by atoms with E-state index in [4.69, 9.17) is 16.3 Å². The largest absolute Gasteiger partial charge is 0.489 e. The van der Waals surface area contributed by atoms with Gasteiger partial charge in [0.1, 0.15) is 12.4 Å². The Balaban J connectivity index is 0.00000225. The molecule has 3 nitrogen and oxygen atoms in total. The van der Waals surface area contributed by atoms with E-state index in [-0.39, 0.29) is 12.4 Å². The molecule has 3 aromatic rings. The van der Waals surface area contributed by atoms with Crippen molar-refractivity contribution in [2.75, 3.05) is 0 Å². The van der Waals surface area contributed by atoms with Crippen LogP contribution in [0.1, 0.15) is 16.8 Å². The zero-order valence-electron chi connectivity index (χ0n) is 13.7. The Hall–Kier alpha value is -2.07. The Morgan fingerprint density at radius 2 is 1.56 bits per heavy atom. The first kappa shape index (κ1) is 19.3. The number of nitrogens with one attached hydrogen (secondary N) is 1. The Morgan fingerprint density at radius 1 is 0.840 bits per heavy atom. The summed E-state index contributed by atoms with van der Waals surface area (Å²) in [6.07, 6.45) is 1.81. The Bertz CT molecular complexity index is 747. The summed E-state index contributed by atoms with van der Waals surface area (Å²) in [4.78, 5) is 4.29. The van der Waals surface area contributed by atoms with Gasteiger partial charge in [-0.25, -0.2) is 0 Å². The molecule has 0 atom stereocenters. The van der Waals surface area contributed by atoms with Gasteiger partial charge in [-0.1, -0.05) is 41.9 Å². The Morgan fingerprint density at radius 3 is 2.24 bits per heavy atom. The van der Waals surface area contributed by atoms with Gasteiger partial charge < -0.3 is 10.1 Å². The van der Waals surface area contributed by atoms with Gasteiger partial charge in [-0.15, -0.1) is 12.4 Å². The third-order valence-corrected chi connectivity index (χ3v) is 3.86. The predicted molar refractivity (Wildman–Crippen MR) is 104 cm³/mol. The van der Waals surface area contributed by atoms with E-state index >= 15 is 0 Å². The lowest BCUT2D eigenvalue weighted by molar-refractivity contribution is 0.306. The van der Waals surface area contributed by atoms with Crippen LogP contribution in [0.5, 0.6) is 5.75 Å². The van der Waals surface area contributed by atoms with Crippen molar-refractivity contribution in [2.45, 2.75) is 19.7 Å². The SMILES string of the molecule is Cl.Clc1ccc(COc2ccc(CNCc3ccccn3)cc2)cc1. The van der Waals surface area contributed by atoms with E-state index in [9.17, 15) is 0 Å². The number of hydrogen-bond donors (Lipinski definition) is 1. The first-order chi connectivity index (χ1) is 11.8. The summed E-state index contributed by atoms with van der Waals surface area (Å²) in [5.41, 5.74) is 3.35. The number of rotatable bonds is 7. The first-order valence-corrected chi connectivity index (χ1v) is 8.24. The van der Waals surface area contributed by atoms with Crippen molar-refractivity contribution in [1.29, 1.82) is 0 Å². The topological polar surface area (TPSA) is 34.1 Å². The average Bonchev–Trinajstić information content (AvgIpc) is 2.63. The third-order valence-electron chi connectivity index (χ3n) is 3.60. The number of benzene rings is 2. The zero-order chi connectivity index (χ0) is 16.6. The maximum atomic E-state index is 5.88. The van der Waals surface area contributed by atoms with Crippen LogP contribution in [0.25, 0.3) is 0 Å². The van der Waals surface area contributed by atoms with Crippen molar-refractivity contribution < 1.29 is 4.74 Å². The van der Waals surface area contributed by atoms with Gasteiger partial charge in [-0.05, 0) is 47.5 Å². The standard InChI is InChI=1S/C20H19ClN2O.ClH/c21-18-8-4-17(5-9-18)15-24-20-10-6-16(7-11-20)13-22-14-19-3-1-2-12-23-19;/h1-12,22H,13-15H2;1H. The minimum absolute atomic E-state index is 0. The van der Waals surface area contributed by atoms with Crippen LogP contribution in [0.2, 0.25) is 5.02 Å². The van der Waals surface area contributed by atoms with Gasteiger partial charge in [-0.3, -0.25) is 4.98 Å². The molecule has 0 saturated heterocycles. The maximum absolute atomic E-state index is 5.88. The summed E-state index contributed by atoms with van der Waals surface area (Å²) < 4.78 is 5.79. The third kappa shape index (κ3) is 6.39. The van der Waals surface area contributed by atoms with Gasteiger partial charge in [0.25, 0.3) is 0 Å². The van der Waals surface area contributed by atoms with Gasteiger partial charge in [0.15, 0.2) is 0 Å². The van der Waals surface area contributed by atoms with E-state index in [0.717, 1.165) is 35.1 Å². The molecule has 0 fully saturated rings. The number of hydrogen-bond acceptors (Lipinski definition) is 3. The van der Waals surface area contributed by atoms with E-state index in [2.05, 4.69) is 22.4 Å². The molecule has 0 spiro atoms. The molecule has 130 valence electrons. The molecule has 0 aliphatic carbocycles. The van der Waals surface area contributed by atoms with E-state index in [1.165, 1.54) is 5.56 Å². The lowest BCUT2D eigenvalue weighted by Gasteiger charge is -2.08. The highest BCUT2D eigenvalue weighted by Gasteiger charge is 1.99. The van der Waals surface area contributed by atoms with Crippen LogP contribution in [0.15, 0.2) is 72.9 Å². The molecule has 0 amide bonds. The van der Waals surface area contributed by atoms with E-state index in [1.54, 1.807) is 0 Å². The van der Waals surface area contributed by atoms with Gasteiger partial charge in [0.2, 0.25) is 0 Å². The second-order valence-corrected chi connectivity index (χ2v) is 5.92. The highest BCUT2D eigenvalue weighted by Crippen LogP contribution is 2.15. The predicted octanol–water partition coefficient (Wildman–Crippen LogP) is 5.03. The monoisotopic (exact) mass is 374 g/mol. The zero-order valence-corrected chi connectivity index (χ0v) is 15.3. The second-order valence-electron chi connectivity index (χ2n) is 5.48. The van der Waals surface area contributed by atoms with E-state index < -0.39 is 0 Å². The maximum Gasteiger partial charge on any atom is 0.119 e. The lowest BCUT2D eigenvalue weighted by atomic mass is 10.2. The molecule has 0 unspecified atom stereocenters. The Labute approximate surface area is 159 Å². The second kappa shape index (κ2) is 10.0. The van der Waals surface area contributed by atoms with Crippen LogP contribution in [0.3, 0.4) is 0 Å². The molecule has 0 bridgehead atoms. The van der Waals surface area contributed by atoms with Crippen LogP contribution < -0.4 is 10.1 Å². The van der Waals surface area contributed by atoms with Crippen molar-refractivity contribution in [1.82, 2.24) is 10.3 Å². The highest BCUT2D eigenvalue weighted by molar-refractivity contribution is 6.30. The summed E-state index contributed by atoms with van der Waals surface area (Å²) in [5, 5.41) is 4.12. The van der Waals surface area contributed by atoms with Crippen LogP contribution in [0, 0.1) is 0 Å². The number of nitrogens with zero attached hydrogens (tertiary/aromatic N) is 1. The molecule has 25 heavy (non-hydrogen) atoms. The first-order valence-electron chi connectivity index (χ1n) is 7.86. The number of halogens is 2. The molecule has 1 heterocycles. The number of ether oxygens (including phenoxy) is 1. The smallest absolute Gasteiger partial charge is 0.119 e.